The number of rotatable bonds is 2. The first kappa shape index (κ1) is 14.0. The molecule has 1 aliphatic rings. The second-order valence-electron chi connectivity index (χ2n) is 4.48. The molecule has 1 aliphatic heterocycles. The SMILES string of the molecule is CS(=O)C1=NCC(c2c(N)n[nH]c2-c2ccc(Cl)cc2)=N1. The van der Waals surface area contributed by atoms with Gasteiger partial charge in [-0.25, -0.2) is 4.99 Å². The Morgan fingerprint density at radius 2 is 2.05 bits per heavy atom. The molecule has 108 valence electrons. The lowest BCUT2D eigenvalue weighted by atomic mass is 10.0. The topological polar surface area (TPSA) is 96.5 Å². The summed E-state index contributed by atoms with van der Waals surface area (Å²) in [6.07, 6.45) is 1.55. The predicted molar refractivity (Wildman–Crippen MR) is 86.4 cm³/mol. The number of anilines is 1. The number of nitrogens with zero attached hydrogens (tertiary/aromatic N) is 3. The number of hydrogen-bond donors (Lipinski definition) is 2. The van der Waals surface area contributed by atoms with Gasteiger partial charge in [0.1, 0.15) is 0 Å². The Kier molecular flexibility index (Phi) is 3.60. The second kappa shape index (κ2) is 5.42. The fourth-order valence-corrected chi connectivity index (χ4v) is 2.70. The molecule has 3 N–H and O–H groups in total. The van der Waals surface area contributed by atoms with E-state index in [2.05, 4.69) is 20.2 Å². The third kappa shape index (κ3) is 2.62. The second-order valence-corrected chi connectivity index (χ2v) is 6.19. The van der Waals surface area contributed by atoms with Gasteiger partial charge in [-0.15, -0.1) is 0 Å². The van der Waals surface area contributed by atoms with E-state index >= 15 is 0 Å². The van der Waals surface area contributed by atoms with Gasteiger partial charge in [-0.1, -0.05) is 23.7 Å². The summed E-state index contributed by atoms with van der Waals surface area (Å²) in [4.78, 5) is 8.45. The highest BCUT2D eigenvalue weighted by atomic mass is 35.5. The molecule has 3 rings (SSSR count). The number of halogens is 1. The van der Waals surface area contributed by atoms with E-state index in [4.69, 9.17) is 17.3 Å². The third-order valence-corrected chi connectivity index (χ3v) is 4.05. The summed E-state index contributed by atoms with van der Waals surface area (Å²) >= 11 is 5.90. The summed E-state index contributed by atoms with van der Waals surface area (Å²) in [7, 11) is -1.21. The molecule has 0 saturated heterocycles. The molecule has 8 heteroatoms. The predicted octanol–water partition coefficient (Wildman–Crippen LogP) is 1.85. The van der Waals surface area contributed by atoms with E-state index in [1.165, 1.54) is 0 Å². The van der Waals surface area contributed by atoms with Crippen LogP contribution in [0.5, 0.6) is 0 Å². The normalized spacial score (nSPS) is 15.7. The zero-order valence-corrected chi connectivity index (χ0v) is 12.7. The molecule has 1 aromatic heterocycles. The van der Waals surface area contributed by atoms with Crippen LogP contribution in [0.3, 0.4) is 0 Å². The Labute approximate surface area is 128 Å². The van der Waals surface area contributed by atoms with Crippen LogP contribution in [0.15, 0.2) is 34.3 Å². The molecule has 1 aromatic carbocycles. The average molecular weight is 322 g/mol. The molecule has 2 aromatic rings. The van der Waals surface area contributed by atoms with E-state index in [1.807, 2.05) is 12.1 Å². The lowest BCUT2D eigenvalue weighted by Gasteiger charge is -2.03. The van der Waals surface area contributed by atoms with E-state index in [1.54, 1.807) is 18.4 Å². The first-order valence-electron chi connectivity index (χ1n) is 6.12. The lowest BCUT2D eigenvalue weighted by molar-refractivity contribution is 0.693. The number of hydrogen-bond acceptors (Lipinski definition) is 5. The van der Waals surface area contributed by atoms with Gasteiger partial charge >= 0.3 is 0 Å². The van der Waals surface area contributed by atoms with Crippen molar-refractivity contribution in [3.63, 3.8) is 0 Å². The van der Waals surface area contributed by atoms with E-state index in [0.717, 1.165) is 11.3 Å². The number of aromatic amines is 1. The van der Waals surface area contributed by atoms with Crippen molar-refractivity contribution in [3.05, 3.63) is 34.9 Å². The van der Waals surface area contributed by atoms with E-state index in [0.29, 0.717) is 33.8 Å². The van der Waals surface area contributed by atoms with Crippen LogP contribution in [0, 0.1) is 0 Å². The smallest absolute Gasteiger partial charge is 0.214 e. The summed E-state index contributed by atoms with van der Waals surface area (Å²) in [5, 5.41) is 7.92. The number of nitrogen functional groups attached to an aromatic ring is 1. The number of benzene rings is 1. The molecule has 0 radical (unpaired) electrons. The van der Waals surface area contributed by atoms with Gasteiger partial charge in [-0.2, -0.15) is 5.10 Å². The van der Waals surface area contributed by atoms with Crippen LogP contribution in [0.2, 0.25) is 5.02 Å². The van der Waals surface area contributed by atoms with Gasteiger partial charge in [-0.05, 0) is 12.1 Å². The molecule has 21 heavy (non-hydrogen) atoms. The fraction of sp³-hybridized carbons (Fsp3) is 0.154. The van der Waals surface area contributed by atoms with Crippen molar-refractivity contribution < 1.29 is 4.21 Å². The average Bonchev–Trinajstić information content (AvgIpc) is 3.06. The largest absolute Gasteiger partial charge is 0.382 e. The van der Waals surface area contributed by atoms with Crippen molar-refractivity contribution in [3.8, 4) is 11.3 Å². The summed E-state index contributed by atoms with van der Waals surface area (Å²) < 4.78 is 11.4. The highest BCUT2D eigenvalue weighted by Gasteiger charge is 2.22. The van der Waals surface area contributed by atoms with Gasteiger partial charge < -0.3 is 5.73 Å². The number of nitrogens with one attached hydrogen (secondary N) is 1. The Bertz CT molecular complexity index is 778. The highest BCUT2D eigenvalue weighted by molar-refractivity contribution is 8.00. The molecule has 0 bridgehead atoms. The maximum absolute atomic E-state index is 11.4. The quantitative estimate of drug-likeness (QED) is 0.883. The Morgan fingerprint density at radius 3 is 2.67 bits per heavy atom. The minimum atomic E-state index is -1.21. The summed E-state index contributed by atoms with van der Waals surface area (Å²) in [5.41, 5.74) is 8.94. The third-order valence-electron chi connectivity index (χ3n) is 3.07. The van der Waals surface area contributed by atoms with Crippen molar-refractivity contribution in [2.24, 2.45) is 9.98 Å². The van der Waals surface area contributed by atoms with Gasteiger partial charge in [0.25, 0.3) is 0 Å². The van der Waals surface area contributed by atoms with Crippen LogP contribution >= 0.6 is 11.6 Å². The van der Waals surface area contributed by atoms with Crippen LogP contribution in [0.25, 0.3) is 11.3 Å². The Balaban J connectivity index is 2.05. The molecule has 2 heterocycles. The van der Waals surface area contributed by atoms with Crippen molar-refractivity contribution in [2.45, 2.75) is 0 Å². The van der Waals surface area contributed by atoms with Crippen LogP contribution in [-0.2, 0) is 10.8 Å². The van der Waals surface area contributed by atoms with Gasteiger partial charge in [-0.3, -0.25) is 14.3 Å². The Hall–Kier alpha value is -1.99. The summed E-state index contributed by atoms with van der Waals surface area (Å²) in [5.74, 6) is 0.344. The standard InChI is InChI=1S/C13H12ClN5OS/c1-21(20)13-16-6-9(17-13)10-11(18-19-12(10)15)7-2-4-8(14)5-3-7/h2-5H,6H2,1H3,(H3,15,18,19). The van der Waals surface area contributed by atoms with Crippen molar-refractivity contribution >= 4 is 39.1 Å². The number of amidine groups is 1. The van der Waals surface area contributed by atoms with Gasteiger partial charge in [0.05, 0.1) is 34.3 Å². The van der Waals surface area contributed by atoms with Gasteiger partial charge in [0, 0.05) is 16.8 Å². The van der Waals surface area contributed by atoms with Crippen molar-refractivity contribution in [1.29, 1.82) is 0 Å². The summed E-state index contributed by atoms with van der Waals surface area (Å²) in [6, 6.07) is 7.32. The molecule has 0 aliphatic carbocycles. The number of aliphatic imine (C=N–C) groups is 2. The van der Waals surface area contributed by atoms with E-state index in [-0.39, 0.29) is 0 Å². The molecular weight excluding hydrogens is 310 g/mol. The van der Waals surface area contributed by atoms with Crippen molar-refractivity contribution in [1.82, 2.24) is 10.2 Å². The van der Waals surface area contributed by atoms with Gasteiger partial charge in [0.2, 0.25) is 5.17 Å². The van der Waals surface area contributed by atoms with Gasteiger partial charge in [0.15, 0.2) is 5.82 Å². The number of aromatic nitrogens is 2. The molecular formula is C13H12ClN5OS. The molecule has 0 amide bonds. The first-order chi connectivity index (χ1) is 10.1. The van der Waals surface area contributed by atoms with E-state index in [9.17, 15) is 4.21 Å². The van der Waals surface area contributed by atoms with Crippen LogP contribution < -0.4 is 5.73 Å². The first-order valence-corrected chi connectivity index (χ1v) is 8.05. The van der Waals surface area contributed by atoms with Crippen LogP contribution in [0.1, 0.15) is 5.56 Å². The molecule has 0 spiro atoms. The molecule has 1 unspecified atom stereocenters. The van der Waals surface area contributed by atoms with Crippen molar-refractivity contribution in [2.75, 3.05) is 18.5 Å². The molecule has 0 fully saturated rings. The minimum Gasteiger partial charge on any atom is -0.382 e. The molecule has 0 saturated carbocycles. The summed E-state index contributed by atoms with van der Waals surface area (Å²) in [6.45, 7) is 0.346. The van der Waals surface area contributed by atoms with Crippen LogP contribution in [-0.4, -0.2) is 38.1 Å². The zero-order valence-electron chi connectivity index (χ0n) is 11.1. The highest BCUT2D eigenvalue weighted by Crippen LogP contribution is 2.28. The van der Waals surface area contributed by atoms with Crippen LogP contribution in [0.4, 0.5) is 5.82 Å². The number of H-pyrrole nitrogens is 1. The maximum atomic E-state index is 11.4. The minimum absolute atomic E-state index is 0.327. The Morgan fingerprint density at radius 1 is 1.33 bits per heavy atom. The van der Waals surface area contributed by atoms with E-state index < -0.39 is 10.8 Å². The number of nitrogens with two attached hydrogens (primary N) is 1. The molecule has 6 nitrogen and oxygen atoms in total. The zero-order chi connectivity index (χ0) is 15.0. The lowest BCUT2D eigenvalue weighted by Crippen LogP contribution is -2.06. The monoisotopic (exact) mass is 321 g/mol. The maximum Gasteiger partial charge on any atom is 0.214 e. The molecule has 1 atom stereocenters. The fourth-order valence-electron chi connectivity index (χ4n) is 2.09.